The molecule has 0 aliphatic carbocycles. The number of aryl methyl sites for hydroxylation is 1. The van der Waals surface area contributed by atoms with Crippen LogP contribution in [0.25, 0.3) is 0 Å². The maximum absolute atomic E-state index is 11.2. The number of ether oxygens (including phenoxy) is 1. The van der Waals surface area contributed by atoms with E-state index in [0.717, 1.165) is 12.8 Å². The minimum atomic E-state index is -0.143. The second-order valence-corrected chi connectivity index (χ2v) is 4.12. The van der Waals surface area contributed by atoms with Crippen LogP contribution in [0.4, 0.5) is 0 Å². The van der Waals surface area contributed by atoms with Crippen molar-refractivity contribution in [1.29, 1.82) is 0 Å². The summed E-state index contributed by atoms with van der Waals surface area (Å²) < 4.78 is 5.10. The van der Waals surface area contributed by atoms with Crippen molar-refractivity contribution in [3.63, 3.8) is 0 Å². The molecule has 0 aliphatic heterocycles. The fraction of sp³-hybridized carbons (Fsp3) is 0.429. The van der Waals surface area contributed by atoms with E-state index in [1.165, 1.54) is 5.56 Å². The first kappa shape index (κ1) is 12.8. The average Bonchev–Trinajstić information content (AvgIpc) is 2.25. The van der Waals surface area contributed by atoms with E-state index in [1.54, 1.807) is 0 Å². The lowest BCUT2D eigenvalue weighted by Crippen LogP contribution is -2.09. The summed E-state index contributed by atoms with van der Waals surface area (Å²) in [7, 11) is 0. The van der Waals surface area contributed by atoms with Crippen molar-refractivity contribution in [2.24, 2.45) is 5.92 Å². The number of rotatable bonds is 6. The van der Waals surface area contributed by atoms with Gasteiger partial charge >= 0.3 is 5.97 Å². The number of benzene rings is 1. The molecule has 0 spiro atoms. The molecule has 1 rings (SSSR count). The van der Waals surface area contributed by atoms with Gasteiger partial charge in [0, 0.05) is 6.42 Å². The zero-order valence-electron chi connectivity index (χ0n) is 9.82. The second-order valence-electron chi connectivity index (χ2n) is 4.12. The van der Waals surface area contributed by atoms with Crippen molar-refractivity contribution in [1.82, 2.24) is 0 Å². The molecule has 0 bridgehead atoms. The summed E-state index contributed by atoms with van der Waals surface area (Å²) in [5.74, 6) is -0.0165. The third kappa shape index (κ3) is 5.54. The fourth-order valence-electron chi connectivity index (χ4n) is 1.45. The van der Waals surface area contributed by atoms with Gasteiger partial charge in [0.2, 0.25) is 0 Å². The molecular weight excluding hydrogens is 200 g/mol. The lowest BCUT2D eigenvalue weighted by Gasteiger charge is -2.06. The smallest absolute Gasteiger partial charge is 0.306 e. The summed E-state index contributed by atoms with van der Waals surface area (Å²) in [6.45, 7) is 6.16. The first-order valence-electron chi connectivity index (χ1n) is 5.71. The zero-order valence-corrected chi connectivity index (χ0v) is 9.82. The van der Waals surface area contributed by atoms with Crippen LogP contribution < -0.4 is 0 Å². The van der Waals surface area contributed by atoms with E-state index in [-0.39, 0.29) is 11.9 Å². The highest BCUT2D eigenvalue weighted by Gasteiger charge is 2.05. The molecule has 16 heavy (non-hydrogen) atoms. The normalized spacial score (nSPS) is 10.4. The molecule has 0 saturated heterocycles. The Kier molecular flexibility index (Phi) is 5.62. The highest BCUT2D eigenvalue weighted by Crippen LogP contribution is 2.04. The Morgan fingerprint density at radius 1 is 1.38 bits per heavy atom. The number of esters is 1. The minimum absolute atomic E-state index is 0.127. The quantitative estimate of drug-likeness (QED) is 0.543. The Bertz CT molecular complexity index is 304. The first-order chi connectivity index (χ1) is 7.68. The zero-order chi connectivity index (χ0) is 11.8. The van der Waals surface area contributed by atoms with Crippen LogP contribution in [0.5, 0.6) is 0 Å². The van der Waals surface area contributed by atoms with Crippen LogP contribution in [0.2, 0.25) is 0 Å². The number of carbonyl (C=O) groups excluding carboxylic acids is 1. The average molecular weight is 219 g/mol. The standard InChI is InChI=1S/C14H19O2/c1-12(2)11-14(15)16-10-6-9-13-7-4-3-5-8-13/h3-5,7-8,12H,1,6,9-11H2,2H3. The van der Waals surface area contributed by atoms with Crippen LogP contribution in [-0.4, -0.2) is 12.6 Å². The lowest BCUT2D eigenvalue weighted by molar-refractivity contribution is -0.144. The van der Waals surface area contributed by atoms with E-state index < -0.39 is 0 Å². The monoisotopic (exact) mass is 219 g/mol. The maximum Gasteiger partial charge on any atom is 0.306 e. The van der Waals surface area contributed by atoms with E-state index in [4.69, 9.17) is 4.74 Å². The number of carbonyl (C=O) groups is 1. The molecule has 0 heterocycles. The summed E-state index contributed by atoms with van der Waals surface area (Å²) in [4.78, 5) is 11.2. The van der Waals surface area contributed by atoms with Gasteiger partial charge in [-0.25, -0.2) is 0 Å². The molecule has 2 nitrogen and oxygen atoms in total. The Labute approximate surface area is 97.6 Å². The third-order valence-electron chi connectivity index (χ3n) is 2.23. The molecule has 0 aliphatic rings. The van der Waals surface area contributed by atoms with Gasteiger partial charge < -0.3 is 4.74 Å². The van der Waals surface area contributed by atoms with Crippen LogP contribution in [-0.2, 0) is 16.0 Å². The summed E-state index contributed by atoms with van der Waals surface area (Å²) in [5, 5.41) is 0. The van der Waals surface area contributed by atoms with Gasteiger partial charge in [-0.1, -0.05) is 37.3 Å². The van der Waals surface area contributed by atoms with Gasteiger partial charge in [0.1, 0.15) is 0 Å². The highest BCUT2D eigenvalue weighted by atomic mass is 16.5. The van der Waals surface area contributed by atoms with Crippen LogP contribution >= 0.6 is 0 Å². The van der Waals surface area contributed by atoms with Crippen molar-refractivity contribution >= 4 is 5.97 Å². The molecule has 87 valence electrons. The SMILES string of the molecule is [CH2]C(C)CC(=O)OCCCc1ccccc1. The molecular formula is C14H19O2. The van der Waals surface area contributed by atoms with Gasteiger partial charge in [-0.05, 0) is 31.2 Å². The van der Waals surface area contributed by atoms with Gasteiger partial charge in [-0.3, -0.25) is 4.79 Å². The van der Waals surface area contributed by atoms with Crippen LogP contribution in [0, 0.1) is 12.8 Å². The summed E-state index contributed by atoms with van der Waals surface area (Å²) in [6, 6.07) is 10.2. The van der Waals surface area contributed by atoms with E-state index in [9.17, 15) is 4.79 Å². The van der Waals surface area contributed by atoms with Gasteiger partial charge in [-0.2, -0.15) is 0 Å². The molecule has 0 saturated carbocycles. The van der Waals surface area contributed by atoms with Gasteiger partial charge in [-0.15, -0.1) is 0 Å². The van der Waals surface area contributed by atoms with Crippen molar-refractivity contribution in [3.05, 3.63) is 42.8 Å². The molecule has 1 radical (unpaired) electrons. The van der Waals surface area contributed by atoms with Gasteiger partial charge in [0.15, 0.2) is 0 Å². The van der Waals surface area contributed by atoms with Crippen LogP contribution in [0.15, 0.2) is 30.3 Å². The molecule has 1 atom stereocenters. The summed E-state index contributed by atoms with van der Waals surface area (Å²) in [5.41, 5.74) is 1.28. The molecule has 1 aromatic rings. The predicted octanol–water partition coefficient (Wildman–Crippen LogP) is 3.02. The third-order valence-corrected chi connectivity index (χ3v) is 2.23. The maximum atomic E-state index is 11.2. The molecule has 1 aromatic carbocycles. The molecule has 0 N–H and O–H groups in total. The van der Waals surface area contributed by atoms with Crippen molar-refractivity contribution in [2.75, 3.05) is 6.61 Å². The van der Waals surface area contributed by atoms with E-state index in [1.807, 2.05) is 25.1 Å². The van der Waals surface area contributed by atoms with Crippen LogP contribution in [0.1, 0.15) is 25.3 Å². The van der Waals surface area contributed by atoms with Crippen LogP contribution in [0.3, 0.4) is 0 Å². The van der Waals surface area contributed by atoms with E-state index in [2.05, 4.69) is 19.1 Å². The highest BCUT2D eigenvalue weighted by molar-refractivity contribution is 5.69. The molecule has 2 heteroatoms. The van der Waals surface area contributed by atoms with Crippen molar-refractivity contribution in [2.45, 2.75) is 26.2 Å². The van der Waals surface area contributed by atoms with Gasteiger partial charge in [0.05, 0.1) is 6.61 Å². The Morgan fingerprint density at radius 2 is 2.06 bits per heavy atom. The lowest BCUT2D eigenvalue weighted by atomic mass is 10.1. The predicted molar refractivity (Wildman–Crippen MR) is 64.9 cm³/mol. The van der Waals surface area contributed by atoms with E-state index in [0.29, 0.717) is 13.0 Å². The fourth-order valence-corrected chi connectivity index (χ4v) is 1.45. The Hall–Kier alpha value is -1.31. The first-order valence-corrected chi connectivity index (χ1v) is 5.71. The molecule has 0 aromatic heterocycles. The number of hydrogen-bond acceptors (Lipinski definition) is 2. The summed E-state index contributed by atoms with van der Waals surface area (Å²) >= 11 is 0. The van der Waals surface area contributed by atoms with Gasteiger partial charge in [0.25, 0.3) is 0 Å². The second kappa shape index (κ2) is 7.04. The van der Waals surface area contributed by atoms with Crippen molar-refractivity contribution in [3.8, 4) is 0 Å². The number of hydrogen-bond donors (Lipinski definition) is 0. The minimum Gasteiger partial charge on any atom is -0.466 e. The summed E-state index contributed by atoms with van der Waals surface area (Å²) in [6.07, 6.45) is 2.24. The molecule has 1 unspecified atom stereocenters. The topological polar surface area (TPSA) is 26.3 Å². The largest absolute Gasteiger partial charge is 0.466 e. The Morgan fingerprint density at radius 3 is 2.69 bits per heavy atom. The van der Waals surface area contributed by atoms with Crippen molar-refractivity contribution < 1.29 is 9.53 Å². The van der Waals surface area contributed by atoms with E-state index >= 15 is 0 Å². The Balaban J connectivity index is 2.10. The molecule has 0 amide bonds. The molecule has 0 fully saturated rings.